The van der Waals surface area contributed by atoms with E-state index >= 15 is 0 Å². The molecule has 2 heteroatoms. The molecule has 0 atom stereocenters. The average molecular weight is 367 g/mol. The van der Waals surface area contributed by atoms with Gasteiger partial charge in [-0.2, -0.15) is 0 Å². The van der Waals surface area contributed by atoms with Gasteiger partial charge in [0.2, 0.25) is 0 Å². The predicted octanol–water partition coefficient (Wildman–Crippen LogP) is 6.15. The number of fused-ring (bicyclic) bond motifs is 1. The second-order valence-corrected chi connectivity index (χ2v) is 7.10. The molecule has 0 bridgehead atoms. The summed E-state index contributed by atoms with van der Waals surface area (Å²) in [6.45, 7) is 1.87. The van der Waals surface area contributed by atoms with E-state index in [1.807, 2.05) is 0 Å². The summed E-state index contributed by atoms with van der Waals surface area (Å²) >= 11 is 0. The Balaban J connectivity index is 1.36. The minimum Gasteiger partial charge on any atom is -0.385 e. The van der Waals surface area contributed by atoms with Crippen LogP contribution in [0.5, 0.6) is 0 Å². The Bertz CT molecular complexity index is 930. The summed E-state index contributed by atoms with van der Waals surface area (Å²) in [4.78, 5) is 0. The second-order valence-electron chi connectivity index (χ2n) is 7.10. The van der Waals surface area contributed by atoms with E-state index in [0.29, 0.717) is 0 Å². The Morgan fingerprint density at radius 1 is 0.464 bits per heavy atom. The minimum atomic E-state index is 0.935. The number of anilines is 2. The first-order valence-corrected chi connectivity index (χ1v) is 9.96. The first-order chi connectivity index (χ1) is 13.9. The molecule has 0 unspecified atom stereocenters. The van der Waals surface area contributed by atoms with Crippen LogP contribution in [0.25, 0.3) is 10.8 Å². The first kappa shape index (κ1) is 18.1. The zero-order chi connectivity index (χ0) is 19.0. The maximum atomic E-state index is 3.55. The fourth-order valence-electron chi connectivity index (χ4n) is 3.46. The Hall–Kier alpha value is -3.26. The fourth-order valence-corrected chi connectivity index (χ4v) is 3.46. The van der Waals surface area contributed by atoms with Crippen molar-refractivity contribution in [3.05, 3.63) is 108 Å². The Morgan fingerprint density at radius 3 is 1.39 bits per heavy atom. The van der Waals surface area contributed by atoms with Gasteiger partial charge >= 0.3 is 0 Å². The van der Waals surface area contributed by atoms with E-state index in [4.69, 9.17) is 0 Å². The lowest BCUT2D eigenvalue weighted by molar-refractivity contribution is 1.02. The molecule has 0 spiro atoms. The summed E-state index contributed by atoms with van der Waals surface area (Å²) in [6, 6.07) is 34.4. The quantitative estimate of drug-likeness (QED) is 0.391. The van der Waals surface area contributed by atoms with E-state index in [1.54, 1.807) is 0 Å². The molecule has 0 saturated heterocycles. The molecule has 0 saturated carbocycles. The topological polar surface area (TPSA) is 24.1 Å². The van der Waals surface area contributed by atoms with Crippen molar-refractivity contribution in [3.8, 4) is 0 Å². The van der Waals surface area contributed by atoms with Gasteiger partial charge < -0.3 is 10.6 Å². The van der Waals surface area contributed by atoms with Crippen LogP contribution in [0.2, 0.25) is 0 Å². The third-order valence-corrected chi connectivity index (χ3v) is 5.01. The third-order valence-electron chi connectivity index (χ3n) is 5.01. The predicted molar refractivity (Wildman–Crippen MR) is 121 cm³/mol. The number of hydrogen-bond acceptors (Lipinski definition) is 2. The van der Waals surface area contributed by atoms with Gasteiger partial charge in [0.1, 0.15) is 0 Å². The third kappa shape index (κ3) is 4.92. The van der Waals surface area contributed by atoms with Gasteiger partial charge in [-0.1, -0.05) is 72.8 Å². The van der Waals surface area contributed by atoms with E-state index in [2.05, 4.69) is 108 Å². The minimum absolute atomic E-state index is 0.935. The van der Waals surface area contributed by atoms with Crippen molar-refractivity contribution >= 4 is 22.1 Å². The van der Waals surface area contributed by atoms with Crippen molar-refractivity contribution in [2.75, 3.05) is 23.7 Å². The molecule has 0 amide bonds. The van der Waals surface area contributed by atoms with E-state index in [9.17, 15) is 0 Å². The Morgan fingerprint density at radius 2 is 0.929 bits per heavy atom. The van der Waals surface area contributed by atoms with Crippen molar-refractivity contribution in [1.29, 1.82) is 0 Å². The summed E-state index contributed by atoms with van der Waals surface area (Å²) in [6.07, 6.45) is 2.06. The summed E-state index contributed by atoms with van der Waals surface area (Å²) in [7, 11) is 0. The first-order valence-electron chi connectivity index (χ1n) is 9.96. The highest BCUT2D eigenvalue weighted by atomic mass is 14.9. The molecule has 140 valence electrons. The highest BCUT2D eigenvalue weighted by Crippen LogP contribution is 2.23. The molecule has 0 fully saturated rings. The molecule has 2 N–H and O–H groups in total. The van der Waals surface area contributed by atoms with Crippen LogP contribution < -0.4 is 10.6 Å². The fraction of sp³-hybridized carbons (Fsp3) is 0.154. The molecule has 4 aromatic rings. The van der Waals surface area contributed by atoms with E-state index in [0.717, 1.165) is 25.9 Å². The van der Waals surface area contributed by atoms with Gasteiger partial charge in [-0.15, -0.1) is 0 Å². The molecule has 4 rings (SSSR count). The summed E-state index contributed by atoms with van der Waals surface area (Å²) < 4.78 is 0. The Labute approximate surface area is 167 Å². The lowest BCUT2D eigenvalue weighted by Crippen LogP contribution is -2.05. The van der Waals surface area contributed by atoms with Crippen LogP contribution in [0.1, 0.15) is 11.1 Å². The number of rotatable bonds is 8. The van der Waals surface area contributed by atoms with Crippen LogP contribution in [0, 0.1) is 0 Å². The van der Waals surface area contributed by atoms with E-state index in [1.165, 1.54) is 33.3 Å². The lowest BCUT2D eigenvalue weighted by Gasteiger charge is -2.10. The van der Waals surface area contributed by atoms with Gasteiger partial charge in [-0.3, -0.25) is 0 Å². The average Bonchev–Trinajstić information content (AvgIpc) is 2.75. The van der Waals surface area contributed by atoms with Crippen LogP contribution in [-0.2, 0) is 12.8 Å². The maximum Gasteiger partial charge on any atom is 0.0346 e. The molecular formula is C26H26N2. The molecule has 0 aliphatic carbocycles. The van der Waals surface area contributed by atoms with E-state index in [-0.39, 0.29) is 0 Å². The van der Waals surface area contributed by atoms with Gasteiger partial charge in [0.05, 0.1) is 0 Å². The summed E-state index contributed by atoms with van der Waals surface area (Å²) in [5, 5.41) is 9.62. The second kappa shape index (κ2) is 9.09. The summed E-state index contributed by atoms with van der Waals surface area (Å²) in [5.41, 5.74) is 5.07. The van der Waals surface area contributed by atoms with Crippen molar-refractivity contribution < 1.29 is 0 Å². The smallest absolute Gasteiger partial charge is 0.0346 e. The zero-order valence-corrected chi connectivity index (χ0v) is 16.1. The normalized spacial score (nSPS) is 10.7. The van der Waals surface area contributed by atoms with Gasteiger partial charge in [0, 0.05) is 24.5 Å². The standard InChI is InChI=1S/C26H26N2/c1-3-7-21(8-4-1)15-17-27-25-13-11-23-12-14-26(20-24(23)19-25)28-18-16-22-9-5-2-6-10-22/h1-14,19-20,27-28H,15-18H2. The number of nitrogens with one attached hydrogen (secondary N) is 2. The number of hydrogen-bond donors (Lipinski definition) is 2. The van der Waals surface area contributed by atoms with E-state index < -0.39 is 0 Å². The summed E-state index contributed by atoms with van der Waals surface area (Å²) in [5.74, 6) is 0. The van der Waals surface area contributed by atoms with Crippen molar-refractivity contribution in [2.45, 2.75) is 12.8 Å². The molecule has 2 nitrogen and oxygen atoms in total. The zero-order valence-electron chi connectivity index (χ0n) is 16.1. The van der Waals surface area contributed by atoms with Gasteiger partial charge in [-0.05, 0) is 59.0 Å². The Kier molecular flexibility index (Phi) is 5.89. The van der Waals surface area contributed by atoms with Crippen LogP contribution in [0.3, 0.4) is 0 Å². The monoisotopic (exact) mass is 366 g/mol. The molecule has 0 aliphatic rings. The number of benzene rings is 4. The molecule has 0 aromatic heterocycles. The molecule has 0 radical (unpaired) electrons. The highest BCUT2D eigenvalue weighted by molar-refractivity contribution is 5.88. The van der Waals surface area contributed by atoms with Crippen molar-refractivity contribution in [1.82, 2.24) is 0 Å². The van der Waals surface area contributed by atoms with Crippen LogP contribution in [-0.4, -0.2) is 13.1 Å². The van der Waals surface area contributed by atoms with Gasteiger partial charge in [-0.25, -0.2) is 0 Å². The van der Waals surface area contributed by atoms with Crippen LogP contribution in [0.15, 0.2) is 97.1 Å². The molecule has 0 heterocycles. The largest absolute Gasteiger partial charge is 0.385 e. The van der Waals surface area contributed by atoms with Crippen LogP contribution >= 0.6 is 0 Å². The van der Waals surface area contributed by atoms with Crippen molar-refractivity contribution in [3.63, 3.8) is 0 Å². The van der Waals surface area contributed by atoms with Gasteiger partial charge in [0.25, 0.3) is 0 Å². The van der Waals surface area contributed by atoms with Crippen LogP contribution in [0.4, 0.5) is 11.4 Å². The van der Waals surface area contributed by atoms with Crippen molar-refractivity contribution in [2.24, 2.45) is 0 Å². The maximum absolute atomic E-state index is 3.55. The SMILES string of the molecule is c1ccc(CCNc2ccc3ccc(NCCc4ccccc4)cc3c2)cc1. The molecule has 4 aromatic carbocycles. The molecular weight excluding hydrogens is 340 g/mol. The highest BCUT2D eigenvalue weighted by Gasteiger charge is 2.00. The van der Waals surface area contributed by atoms with Gasteiger partial charge in [0.15, 0.2) is 0 Å². The molecule has 28 heavy (non-hydrogen) atoms. The lowest BCUT2D eigenvalue weighted by atomic mass is 10.1. The molecule has 0 aliphatic heterocycles.